The normalized spacial score (nSPS) is 13.6. The van der Waals surface area contributed by atoms with E-state index < -0.39 is 29.8 Å². The summed E-state index contributed by atoms with van der Waals surface area (Å²) in [6.45, 7) is 3.71. The van der Waals surface area contributed by atoms with E-state index in [4.69, 9.17) is 10.5 Å². The number of halogens is 1. The van der Waals surface area contributed by atoms with Crippen LogP contribution in [0.2, 0.25) is 0 Å². The first-order chi connectivity index (χ1) is 8.95. The van der Waals surface area contributed by atoms with Gasteiger partial charge in [0.2, 0.25) is 11.8 Å². The molecule has 3 N–H and O–H groups in total. The molecule has 0 aliphatic heterocycles. The number of carbonyl (C=O) groups excluding carboxylic acids is 2. The van der Waals surface area contributed by atoms with Crippen molar-refractivity contribution >= 4 is 11.8 Å². The third kappa shape index (κ3) is 4.33. The van der Waals surface area contributed by atoms with Crippen LogP contribution >= 0.6 is 0 Å². The van der Waals surface area contributed by atoms with Crippen LogP contribution in [0.15, 0.2) is 24.3 Å². The summed E-state index contributed by atoms with van der Waals surface area (Å²) in [5.74, 6) is -1.60. The van der Waals surface area contributed by atoms with Crippen molar-refractivity contribution in [2.75, 3.05) is 6.61 Å². The minimum atomic E-state index is -1.00. The third-order valence-electron chi connectivity index (χ3n) is 2.56. The van der Waals surface area contributed by atoms with Gasteiger partial charge in [-0.3, -0.25) is 9.59 Å². The van der Waals surface area contributed by atoms with Gasteiger partial charge in [-0.05, 0) is 31.5 Å². The highest BCUT2D eigenvalue weighted by atomic mass is 19.1. The first kappa shape index (κ1) is 15.1. The third-order valence-corrected chi connectivity index (χ3v) is 2.56. The highest BCUT2D eigenvalue weighted by Gasteiger charge is 2.23. The molecule has 0 saturated heterocycles. The lowest BCUT2D eigenvalue weighted by Crippen LogP contribution is -2.42. The Labute approximate surface area is 110 Å². The van der Waals surface area contributed by atoms with Crippen molar-refractivity contribution in [2.24, 2.45) is 5.73 Å². The molecule has 5 nitrogen and oxygen atoms in total. The average Bonchev–Trinajstić information content (AvgIpc) is 2.37. The summed E-state index contributed by atoms with van der Waals surface area (Å²) in [5.41, 5.74) is 5.66. The summed E-state index contributed by atoms with van der Waals surface area (Å²) in [4.78, 5) is 23.1. The van der Waals surface area contributed by atoms with Crippen molar-refractivity contribution in [3.63, 3.8) is 0 Å². The van der Waals surface area contributed by atoms with Crippen LogP contribution in [-0.4, -0.2) is 24.5 Å². The number of rotatable bonds is 6. The van der Waals surface area contributed by atoms with E-state index in [-0.39, 0.29) is 0 Å². The molecule has 2 atom stereocenters. The van der Waals surface area contributed by atoms with Crippen molar-refractivity contribution in [3.8, 4) is 0 Å². The fourth-order valence-corrected chi connectivity index (χ4v) is 1.56. The zero-order valence-corrected chi connectivity index (χ0v) is 10.9. The second-order valence-corrected chi connectivity index (χ2v) is 3.99. The van der Waals surface area contributed by atoms with Gasteiger partial charge in [0.1, 0.15) is 18.0 Å². The molecule has 0 fully saturated rings. The molecule has 1 aromatic carbocycles. The van der Waals surface area contributed by atoms with Crippen LogP contribution in [0.1, 0.15) is 25.5 Å². The van der Waals surface area contributed by atoms with E-state index in [9.17, 15) is 14.0 Å². The van der Waals surface area contributed by atoms with Gasteiger partial charge in [0.05, 0.1) is 0 Å². The van der Waals surface area contributed by atoms with Crippen LogP contribution < -0.4 is 11.1 Å². The van der Waals surface area contributed by atoms with Gasteiger partial charge in [0.15, 0.2) is 0 Å². The molecule has 0 aliphatic rings. The number of carbonyl (C=O) groups is 2. The molecule has 1 rings (SSSR count). The van der Waals surface area contributed by atoms with Crippen molar-refractivity contribution in [1.29, 1.82) is 0 Å². The molecule has 6 heteroatoms. The van der Waals surface area contributed by atoms with E-state index >= 15 is 0 Å². The second-order valence-electron chi connectivity index (χ2n) is 3.99. The summed E-state index contributed by atoms with van der Waals surface area (Å²) in [6.07, 6.45) is -0.688. The zero-order valence-electron chi connectivity index (χ0n) is 10.9. The molecule has 0 radical (unpaired) electrons. The maximum absolute atomic E-state index is 12.8. The number of nitrogens with one attached hydrogen (secondary N) is 1. The minimum Gasteiger partial charge on any atom is -0.369 e. The second kappa shape index (κ2) is 6.84. The van der Waals surface area contributed by atoms with E-state index in [2.05, 4.69) is 5.32 Å². The lowest BCUT2D eigenvalue weighted by molar-refractivity contribution is -0.135. The van der Waals surface area contributed by atoms with Crippen LogP contribution in [0, 0.1) is 5.82 Å². The Hall–Kier alpha value is -1.95. The van der Waals surface area contributed by atoms with Crippen LogP contribution in [0.4, 0.5) is 4.39 Å². The smallest absolute Gasteiger partial charge is 0.249 e. The Morgan fingerprint density at radius 2 is 1.95 bits per heavy atom. The summed E-state index contributed by atoms with van der Waals surface area (Å²) in [5, 5.41) is 2.48. The van der Waals surface area contributed by atoms with Gasteiger partial charge in [-0.15, -0.1) is 0 Å². The summed E-state index contributed by atoms with van der Waals surface area (Å²) >= 11 is 0. The highest BCUT2D eigenvalue weighted by Crippen LogP contribution is 2.13. The topological polar surface area (TPSA) is 81.4 Å². The lowest BCUT2D eigenvalue weighted by atomic mass is 10.1. The van der Waals surface area contributed by atoms with Crippen LogP contribution in [-0.2, 0) is 14.3 Å². The molecular weight excluding hydrogens is 251 g/mol. The Balaban J connectivity index is 2.82. The van der Waals surface area contributed by atoms with E-state index in [0.717, 1.165) is 0 Å². The number of primary amides is 1. The van der Waals surface area contributed by atoms with E-state index in [0.29, 0.717) is 12.2 Å². The largest absolute Gasteiger partial charge is 0.369 e. The molecule has 2 amide bonds. The standard InChI is InChI=1S/C13H17FN2O3/c1-3-19-8(2)13(18)16-11(12(15)17)9-4-6-10(14)7-5-9/h4-8,11H,3H2,1-2H3,(H2,15,17)(H,16,18)/t8-,11+/m0/s1. The predicted molar refractivity (Wildman–Crippen MR) is 67.6 cm³/mol. The van der Waals surface area contributed by atoms with Gasteiger partial charge in [-0.1, -0.05) is 12.1 Å². The minimum absolute atomic E-state index is 0.381. The van der Waals surface area contributed by atoms with Gasteiger partial charge in [0.25, 0.3) is 0 Å². The molecule has 0 saturated carbocycles. The van der Waals surface area contributed by atoms with Crippen molar-refractivity contribution in [2.45, 2.75) is 26.0 Å². The Kier molecular flexibility index (Phi) is 5.44. The maximum Gasteiger partial charge on any atom is 0.249 e. The maximum atomic E-state index is 12.8. The molecule has 104 valence electrons. The van der Waals surface area contributed by atoms with E-state index in [1.807, 2.05) is 0 Å². The van der Waals surface area contributed by atoms with Gasteiger partial charge < -0.3 is 15.8 Å². The van der Waals surface area contributed by atoms with Crippen LogP contribution in [0.3, 0.4) is 0 Å². The van der Waals surface area contributed by atoms with Crippen molar-refractivity contribution in [3.05, 3.63) is 35.6 Å². The highest BCUT2D eigenvalue weighted by molar-refractivity contribution is 5.89. The SMILES string of the molecule is CCO[C@@H](C)C(=O)N[C@@H](C(N)=O)c1ccc(F)cc1. The van der Waals surface area contributed by atoms with E-state index in [1.165, 1.54) is 24.3 Å². The fraction of sp³-hybridized carbons (Fsp3) is 0.385. The van der Waals surface area contributed by atoms with E-state index in [1.54, 1.807) is 13.8 Å². The Bertz CT molecular complexity index is 448. The van der Waals surface area contributed by atoms with Gasteiger partial charge >= 0.3 is 0 Å². The number of hydrogen-bond acceptors (Lipinski definition) is 3. The molecule has 0 heterocycles. The number of hydrogen-bond donors (Lipinski definition) is 2. The zero-order chi connectivity index (χ0) is 14.4. The number of ether oxygens (including phenoxy) is 1. The number of amides is 2. The molecule has 0 aromatic heterocycles. The quantitative estimate of drug-likeness (QED) is 0.804. The van der Waals surface area contributed by atoms with Crippen molar-refractivity contribution in [1.82, 2.24) is 5.32 Å². The number of benzene rings is 1. The fourth-order valence-electron chi connectivity index (χ4n) is 1.56. The first-order valence-corrected chi connectivity index (χ1v) is 5.92. The molecule has 0 spiro atoms. The predicted octanol–water partition coefficient (Wildman–Crippen LogP) is 0.893. The lowest BCUT2D eigenvalue weighted by Gasteiger charge is -2.18. The van der Waals surface area contributed by atoms with Crippen molar-refractivity contribution < 1.29 is 18.7 Å². The number of nitrogens with two attached hydrogens (primary N) is 1. The van der Waals surface area contributed by atoms with Crippen LogP contribution in [0.5, 0.6) is 0 Å². The molecule has 0 aliphatic carbocycles. The van der Waals surface area contributed by atoms with Gasteiger partial charge in [0, 0.05) is 6.61 Å². The summed E-state index contributed by atoms with van der Waals surface area (Å²) < 4.78 is 17.9. The average molecular weight is 268 g/mol. The molecule has 0 unspecified atom stereocenters. The summed E-state index contributed by atoms with van der Waals surface area (Å²) in [6, 6.07) is 4.19. The summed E-state index contributed by atoms with van der Waals surface area (Å²) in [7, 11) is 0. The molecule has 19 heavy (non-hydrogen) atoms. The monoisotopic (exact) mass is 268 g/mol. The van der Waals surface area contributed by atoms with Crippen LogP contribution in [0.25, 0.3) is 0 Å². The molecular formula is C13H17FN2O3. The van der Waals surface area contributed by atoms with Gasteiger partial charge in [-0.2, -0.15) is 0 Å². The first-order valence-electron chi connectivity index (χ1n) is 5.92. The molecule has 1 aromatic rings. The molecule has 0 bridgehead atoms. The Morgan fingerprint density at radius 1 is 1.37 bits per heavy atom. The van der Waals surface area contributed by atoms with Gasteiger partial charge in [-0.25, -0.2) is 4.39 Å². The Morgan fingerprint density at radius 3 is 2.42 bits per heavy atom.